The molecule has 2 heterocycles. The first-order valence-corrected chi connectivity index (χ1v) is 7.99. The molecule has 0 radical (unpaired) electrons. The standard InChI is InChI=1S/C14H23ClN2S/c1-4-14(2,17-9-5-6-10-17)13(16-3)11-7-8-12(15)18-11/h7-8,13,16H,4-6,9-10H2,1-3H3. The predicted molar refractivity (Wildman–Crippen MR) is 80.6 cm³/mol. The molecule has 1 aromatic heterocycles. The van der Waals surface area contributed by atoms with Gasteiger partial charge in [-0.05, 0) is 58.5 Å². The van der Waals surface area contributed by atoms with Crippen molar-refractivity contribution in [3.63, 3.8) is 0 Å². The zero-order valence-electron chi connectivity index (χ0n) is 11.5. The van der Waals surface area contributed by atoms with Crippen LogP contribution in [-0.4, -0.2) is 30.6 Å². The van der Waals surface area contributed by atoms with Crippen molar-refractivity contribution < 1.29 is 0 Å². The van der Waals surface area contributed by atoms with Crippen molar-refractivity contribution in [2.75, 3.05) is 20.1 Å². The zero-order chi connectivity index (χ0) is 13.2. The molecule has 1 aliphatic heterocycles. The average molecular weight is 287 g/mol. The van der Waals surface area contributed by atoms with Crippen molar-refractivity contribution >= 4 is 22.9 Å². The molecule has 1 fully saturated rings. The van der Waals surface area contributed by atoms with E-state index >= 15 is 0 Å². The minimum Gasteiger partial charge on any atom is -0.311 e. The van der Waals surface area contributed by atoms with Crippen molar-refractivity contribution in [1.82, 2.24) is 10.2 Å². The number of likely N-dealkylation sites (N-methyl/N-ethyl adjacent to an activating group) is 1. The summed E-state index contributed by atoms with van der Waals surface area (Å²) in [7, 11) is 2.06. The van der Waals surface area contributed by atoms with Gasteiger partial charge in [-0.3, -0.25) is 4.90 Å². The van der Waals surface area contributed by atoms with Gasteiger partial charge in [-0.15, -0.1) is 11.3 Å². The van der Waals surface area contributed by atoms with Crippen LogP contribution in [0.2, 0.25) is 4.34 Å². The van der Waals surface area contributed by atoms with Gasteiger partial charge in [0, 0.05) is 10.4 Å². The van der Waals surface area contributed by atoms with Gasteiger partial charge in [0.15, 0.2) is 0 Å². The lowest BCUT2D eigenvalue weighted by atomic mass is 9.86. The van der Waals surface area contributed by atoms with Crippen molar-refractivity contribution in [2.45, 2.75) is 44.7 Å². The first-order chi connectivity index (χ1) is 8.61. The molecule has 0 aromatic carbocycles. The highest BCUT2D eigenvalue weighted by atomic mass is 35.5. The Bertz CT molecular complexity index is 387. The molecule has 18 heavy (non-hydrogen) atoms. The summed E-state index contributed by atoms with van der Waals surface area (Å²) >= 11 is 7.79. The highest BCUT2D eigenvalue weighted by Gasteiger charge is 2.40. The van der Waals surface area contributed by atoms with Crippen molar-refractivity contribution in [1.29, 1.82) is 0 Å². The number of nitrogens with zero attached hydrogens (tertiary/aromatic N) is 1. The highest BCUT2D eigenvalue weighted by molar-refractivity contribution is 7.16. The second kappa shape index (κ2) is 5.91. The van der Waals surface area contributed by atoms with E-state index in [1.165, 1.54) is 30.8 Å². The summed E-state index contributed by atoms with van der Waals surface area (Å²) in [6.45, 7) is 7.12. The van der Waals surface area contributed by atoms with E-state index in [9.17, 15) is 0 Å². The van der Waals surface area contributed by atoms with Gasteiger partial charge in [-0.1, -0.05) is 18.5 Å². The summed E-state index contributed by atoms with van der Waals surface area (Å²) in [5, 5.41) is 3.51. The minimum atomic E-state index is 0.180. The molecule has 0 amide bonds. The van der Waals surface area contributed by atoms with Crippen LogP contribution in [0, 0.1) is 0 Å². The molecule has 0 spiro atoms. The van der Waals surface area contributed by atoms with Gasteiger partial charge in [0.2, 0.25) is 0 Å². The Morgan fingerprint density at radius 2 is 2.11 bits per heavy atom. The Labute approximate surface area is 119 Å². The Morgan fingerprint density at radius 3 is 2.56 bits per heavy atom. The zero-order valence-corrected chi connectivity index (χ0v) is 13.1. The third-order valence-corrected chi connectivity index (χ3v) is 5.63. The second-order valence-electron chi connectivity index (χ2n) is 5.27. The van der Waals surface area contributed by atoms with Crippen LogP contribution in [0.5, 0.6) is 0 Å². The lowest BCUT2D eigenvalue weighted by Gasteiger charge is -2.44. The van der Waals surface area contributed by atoms with Gasteiger partial charge in [0.1, 0.15) is 0 Å². The van der Waals surface area contributed by atoms with Crippen molar-refractivity contribution in [3.8, 4) is 0 Å². The van der Waals surface area contributed by atoms with Crippen LogP contribution in [0.4, 0.5) is 0 Å². The van der Waals surface area contributed by atoms with Crippen LogP contribution in [0.1, 0.15) is 44.0 Å². The summed E-state index contributed by atoms with van der Waals surface area (Å²) in [4.78, 5) is 3.99. The molecule has 2 rings (SSSR count). The third-order valence-electron chi connectivity index (χ3n) is 4.33. The van der Waals surface area contributed by atoms with Gasteiger partial charge >= 0.3 is 0 Å². The fourth-order valence-electron chi connectivity index (χ4n) is 3.08. The van der Waals surface area contributed by atoms with Gasteiger partial charge in [0.05, 0.1) is 10.4 Å². The van der Waals surface area contributed by atoms with Gasteiger partial charge in [0.25, 0.3) is 0 Å². The molecule has 1 aliphatic rings. The Hall–Kier alpha value is -0.0900. The summed E-state index contributed by atoms with van der Waals surface area (Å²) in [5.74, 6) is 0. The number of likely N-dealkylation sites (tertiary alicyclic amines) is 1. The molecule has 0 aliphatic carbocycles. The number of thiophene rings is 1. The van der Waals surface area contributed by atoms with Crippen LogP contribution in [0.15, 0.2) is 12.1 Å². The van der Waals surface area contributed by atoms with Crippen molar-refractivity contribution in [3.05, 3.63) is 21.3 Å². The van der Waals surface area contributed by atoms with Crippen LogP contribution < -0.4 is 5.32 Å². The molecule has 1 aromatic rings. The van der Waals surface area contributed by atoms with E-state index in [0.717, 1.165) is 10.8 Å². The van der Waals surface area contributed by atoms with E-state index < -0.39 is 0 Å². The van der Waals surface area contributed by atoms with Crippen LogP contribution >= 0.6 is 22.9 Å². The molecule has 2 nitrogen and oxygen atoms in total. The van der Waals surface area contributed by atoms with Crippen molar-refractivity contribution in [2.24, 2.45) is 0 Å². The molecule has 102 valence electrons. The SMILES string of the molecule is CCC(C)(C(NC)c1ccc(Cl)s1)N1CCCC1. The van der Waals surface area contributed by atoms with E-state index in [4.69, 9.17) is 11.6 Å². The molecule has 2 unspecified atom stereocenters. The molecule has 1 saturated heterocycles. The molecule has 4 heteroatoms. The molecule has 0 saturated carbocycles. The Kier molecular flexibility index (Phi) is 4.70. The van der Waals surface area contributed by atoms with E-state index in [0.29, 0.717) is 6.04 Å². The molecule has 2 atom stereocenters. The minimum absolute atomic E-state index is 0.180. The first-order valence-electron chi connectivity index (χ1n) is 6.79. The quantitative estimate of drug-likeness (QED) is 0.882. The van der Waals surface area contributed by atoms with E-state index in [-0.39, 0.29) is 5.54 Å². The first kappa shape index (κ1) is 14.3. The van der Waals surface area contributed by atoms with Gasteiger partial charge < -0.3 is 5.32 Å². The summed E-state index contributed by atoms with van der Waals surface area (Å²) < 4.78 is 0.880. The van der Waals surface area contributed by atoms with E-state index in [1.807, 2.05) is 6.07 Å². The maximum atomic E-state index is 6.09. The molecule has 1 N–H and O–H groups in total. The number of rotatable bonds is 5. The molecular formula is C14H23ClN2S. The van der Waals surface area contributed by atoms with E-state index in [2.05, 4.69) is 37.2 Å². The van der Waals surface area contributed by atoms with Gasteiger partial charge in [-0.25, -0.2) is 0 Å². The molecular weight excluding hydrogens is 264 g/mol. The van der Waals surface area contributed by atoms with Crippen LogP contribution in [-0.2, 0) is 0 Å². The third kappa shape index (κ3) is 2.60. The predicted octanol–water partition coefficient (Wildman–Crippen LogP) is 3.93. The summed E-state index contributed by atoms with van der Waals surface area (Å²) in [6, 6.07) is 4.53. The average Bonchev–Trinajstić information content (AvgIpc) is 3.01. The second-order valence-corrected chi connectivity index (χ2v) is 7.02. The Morgan fingerprint density at radius 1 is 1.44 bits per heavy atom. The number of halogens is 1. The fraction of sp³-hybridized carbons (Fsp3) is 0.714. The maximum Gasteiger partial charge on any atom is 0.0931 e. The number of nitrogens with one attached hydrogen (secondary N) is 1. The van der Waals surface area contributed by atoms with Crippen LogP contribution in [0.3, 0.4) is 0 Å². The summed E-state index contributed by atoms with van der Waals surface area (Å²) in [6.07, 6.45) is 3.81. The topological polar surface area (TPSA) is 15.3 Å². The van der Waals surface area contributed by atoms with Gasteiger partial charge in [-0.2, -0.15) is 0 Å². The lowest BCUT2D eigenvalue weighted by Crippen LogP contribution is -2.52. The van der Waals surface area contributed by atoms with Crippen LogP contribution in [0.25, 0.3) is 0 Å². The normalized spacial score (nSPS) is 22.0. The number of hydrogen-bond acceptors (Lipinski definition) is 3. The number of hydrogen-bond donors (Lipinski definition) is 1. The largest absolute Gasteiger partial charge is 0.311 e. The maximum absolute atomic E-state index is 6.09. The fourth-order valence-corrected chi connectivity index (χ4v) is 4.40. The monoisotopic (exact) mass is 286 g/mol. The highest BCUT2D eigenvalue weighted by Crippen LogP contribution is 2.39. The summed E-state index contributed by atoms with van der Waals surface area (Å²) in [5.41, 5.74) is 0.180. The lowest BCUT2D eigenvalue weighted by molar-refractivity contribution is 0.0887. The molecule has 0 bridgehead atoms. The Balaban J connectivity index is 2.27. The van der Waals surface area contributed by atoms with E-state index in [1.54, 1.807) is 11.3 Å². The smallest absolute Gasteiger partial charge is 0.0931 e.